The van der Waals surface area contributed by atoms with Gasteiger partial charge in [0, 0.05) is 19.1 Å². The van der Waals surface area contributed by atoms with Crippen molar-refractivity contribution in [3.63, 3.8) is 0 Å². The smallest absolute Gasteiger partial charge is 0.226 e. The molecule has 1 fully saturated rings. The summed E-state index contributed by atoms with van der Waals surface area (Å²) in [6.07, 6.45) is 2.40. The first kappa shape index (κ1) is 15.3. The zero-order chi connectivity index (χ0) is 14.5. The van der Waals surface area contributed by atoms with E-state index in [4.69, 9.17) is 10.5 Å². The molecule has 20 heavy (non-hydrogen) atoms. The Balaban J connectivity index is 1.79. The first-order valence-corrected chi connectivity index (χ1v) is 7.78. The topological polar surface area (TPSA) is 55.6 Å². The van der Waals surface area contributed by atoms with Crippen LogP contribution in [0.2, 0.25) is 0 Å². The van der Waals surface area contributed by atoms with E-state index in [0.717, 1.165) is 29.6 Å². The van der Waals surface area contributed by atoms with Gasteiger partial charge in [0.1, 0.15) is 5.75 Å². The number of carbonyl (C=O) groups excluding carboxylic acids is 1. The van der Waals surface area contributed by atoms with Crippen LogP contribution < -0.4 is 10.5 Å². The Morgan fingerprint density at radius 2 is 2.35 bits per heavy atom. The van der Waals surface area contributed by atoms with E-state index in [-0.39, 0.29) is 11.9 Å². The van der Waals surface area contributed by atoms with Crippen LogP contribution in [-0.2, 0) is 4.79 Å². The highest BCUT2D eigenvalue weighted by Gasteiger charge is 2.20. The fourth-order valence-electron chi connectivity index (χ4n) is 2.37. The van der Waals surface area contributed by atoms with Crippen molar-refractivity contribution in [1.29, 1.82) is 0 Å². The third kappa shape index (κ3) is 4.21. The summed E-state index contributed by atoms with van der Waals surface area (Å²) in [5, 5.41) is 0. The average molecular weight is 341 g/mol. The number of hydrogen-bond donors (Lipinski definition) is 1. The van der Waals surface area contributed by atoms with Crippen molar-refractivity contribution in [1.82, 2.24) is 4.90 Å². The van der Waals surface area contributed by atoms with Crippen molar-refractivity contribution in [3.05, 3.63) is 28.2 Å². The van der Waals surface area contributed by atoms with Crippen LogP contribution in [0.5, 0.6) is 5.75 Å². The Labute approximate surface area is 128 Å². The highest BCUT2D eigenvalue weighted by molar-refractivity contribution is 9.10. The Bertz CT molecular complexity index is 479. The summed E-state index contributed by atoms with van der Waals surface area (Å²) in [5.74, 6) is 0.905. The second kappa shape index (κ2) is 7.09. The van der Waals surface area contributed by atoms with Gasteiger partial charge in [-0.3, -0.25) is 4.79 Å². The minimum absolute atomic E-state index is 0.125. The van der Waals surface area contributed by atoms with Crippen molar-refractivity contribution in [2.45, 2.75) is 32.2 Å². The first-order valence-electron chi connectivity index (χ1n) is 6.98. The molecule has 0 aromatic heterocycles. The first-order chi connectivity index (χ1) is 9.56. The van der Waals surface area contributed by atoms with E-state index in [0.29, 0.717) is 19.6 Å². The van der Waals surface area contributed by atoms with Crippen LogP contribution in [0.1, 0.15) is 24.8 Å². The van der Waals surface area contributed by atoms with Gasteiger partial charge in [0.2, 0.25) is 5.91 Å². The molecule has 0 aliphatic carbocycles. The zero-order valence-electron chi connectivity index (χ0n) is 11.8. The summed E-state index contributed by atoms with van der Waals surface area (Å²) in [6, 6.07) is 6.03. The Morgan fingerprint density at radius 1 is 1.55 bits per heavy atom. The number of amides is 1. The Morgan fingerprint density at radius 3 is 3.05 bits per heavy atom. The molecule has 1 unspecified atom stereocenters. The van der Waals surface area contributed by atoms with E-state index >= 15 is 0 Å². The molecule has 4 nitrogen and oxygen atoms in total. The fourth-order valence-corrected chi connectivity index (χ4v) is 2.97. The van der Waals surface area contributed by atoms with Gasteiger partial charge in [-0.2, -0.15) is 0 Å². The number of hydrogen-bond acceptors (Lipinski definition) is 3. The molecular weight excluding hydrogens is 320 g/mol. The van der Waals surface area contributed by atoms with Gasteiger partial charge in [0.25, 0.3) is 0 Å². The molecular formula is C15H21BrN2O2. The standard InChI is InChI=1S/C15H21BrN2O2/c1-11-4-5-14(13(16)9-11)20-8-6-15(19)18-7-2-3-12(17)10-18/h4-5,9,12H,2-3,6-8,10,17H2,1H3. The molecule has 5 heteroatoms. The minimum atomic E-state index is 0.125. The van der Waals surface area contributed by atoms with Crippen molar-refractivity contribution in [2.75, 3.05) is 19.7 Å². The van der Waals surface area contributed by atoms with Crippen LogP contribution in [-0.4, -0.2) is 36.5 Å². The molecule has 0 spiro atoms. The van der Waals surface area contributed by atoms with Crippen molar-refractivity contribution in [3.8, 4) is 5.75 Å². The van der Waals surface area contributed by atoms with Crippen LogP contribution in [0.3, 0.4) is 0 Å². The molecule has 1 saturated heterocycles. The lowest BCUT2D eigenvalue weighted by Crippen LogP contribution is -2.46. The van der Waals surface area contributed by atoms with Crippen LogP contribution in [0, 0.1) is 6.92 Å². The maximum absolute atomic E-state index is 12.1. The van der Waals surface area contributed by atoms with E-state index in [1.54, 1.807) is 0 Å². The second-order valence-corrected chi connectivity index (χ2v) is 6.13. The molecule has 1 aliphatic heterocycles. The monoisotopic (exact) mass is 340 g/mol. The third-order valence-electron chi connectivity index (χ3n) is 3.47. The van der Waals surface area contributed by atoms with Gasteiger partial charge in [0.05, 0.1) is 17.5 Å². The highest BCUT2D eigenvalue weighted by atomic mass is 79.9. The molecule has 1 aromatic carbocycles. The lowest BCUT2D eigenvalue weighted by Gasteiger charge is -2.30. The highest BCUT2D eigenvalue weighted by Crippen LogP contribution is 2.25. The predicted molar refractivity (Wildman–Crippen MR) is 82.8 cm³/mol. The quantitative estimate of drug-likeness (QED) is 0.915. The van der Waals surface area contributed by atoms with E-state index in [2.05, 4.69) is 15.9 Å². The van der Waals surface area contributed by atoms with Crippen LogP contribution >= 0.6 is 15.9 Å². The number of aryl methyl sites for hydroxylation is 1. The number of carbonyl (C=O) groups is 1. The third-order valence-corrected chi connectivity index (χ3v) is 4.09. The number of benzene rings is 1. The molecule has 1 atom stereocenters. The summed E-state index contributed by atoms with van der Waals surface area (Å²) in [5.41, 5.74) is 7.05. The molecule has 0 radical (unpaired) electrons. The van der Waals surface area contributed by atoms with Gasteiger partial charge in [-0.05, 0) is 53.4 Å². The van der Waals surface area contributed by atoms with Gasteiger partial charge < -0.3 is 15.4 Å². The predicted octanol–water partition coefficient (Wildman–Crippen LogP) is 2.48. The molecule has 110 valence electrons. The average Bonchev–Trinajstić information content (AvgIpc) is 2.41. The van der Waals surface area contributed by atoms with Crippen molar-refractivity contribution < 1.29 is 9.53 Å². The summed E-state index contributed by atoms with van der Waals surface area (Å²) in [6.45, 7) is 3.91. The molecule has 2 N–H and O–H groups in total. The largest absolute Gasteiger partial charge is 0.492 e. The lowest BCUT2D eigenvalue weighted by molar-refractivity contribution is -0.132. The number of ether oxygens (including phenoxy) is 1. The fraction of sp³-hybridized carbons (Fsp3) is 0.533. The normalized spacial score (nSPS) is 18.9. The maximum Gasteiger partial charge on any atom is 0.226 e. The molecule has 1 heterocycles. The minimum Gasteiger partial charge on any atom is -0.492 e. The van der Waals surface area contributed by atoms with Gasteiger partial charge in [-0.1, -0.05) is 6.07 Å². The molecule has 0 bridgehead atoms. The van der Waals surface area contributed by atoms with Gasteiger partial charge in [0.15, 0.2) is 0 Å². The van der Waals surface area contributed by atoms with Crippen LogP contribution in [0.15, 0.2) is 22.7 Å². The number of rotatable bonds is 4. The van der Waals surface area contributed by atoms with E-state index < -0.39 is 0 Å². The van der Waals surface area contributed by atoms with Gasteiger partial charge in [-0.25, -0.2) is 0 Å². The van der Waals surface area contributed by atoms with E-state index in [1.165, 1.54) is 5.56 Å². The molecule has 1 aromatic rings. The number of nitrogens with zero attached hydrogens (tertiary/aromatic N) is 1. The Kier molecular flexibility index (Phi) is 5.43. The SMILES string of the molecule is Cc1ccc(OCCC(=O)N2CCCC(N)C2)c(Br)c1. The maximum atomic E-state index is 12.1. The molecule has 2 rings (SSSR count). The number of halogens is 1. The summed E-state index contributed by atoms with van der Waals surface area (Å²) < 4.78 is 6.58. The van der Waals surface area contributed by atoms with Crippen molar-refractivity contribution in [2.24, 2.45) is 5.73 Å². The number of likely N-dealkylation sites (tertiary alicyclic amines) is 1. The molecule has 0 saturated carbocycles. The van der Waals surface area contributed by atoms with Crippen LogP contribution in [0.4, 0.5) is 0 Å². The Hall–Kier alpha value is -1.07. The molecule has 1 aliphatic rings. The van der Waals surface area contributed by atoms with E-state index in [9.17, 15) is 4.79 Å². The van der Waals surface area contributed by atoms with Gasteiger partial charge in [-0.15, -0.1) is 0 Å². The van der Waals surface area contributed by atoms with Crippen molar-refractivity contribution >= 4 is 21.8 Å². The summed E-state index contributed by atoms with van der Waals surface area (Å²) in [4.78, 5) is 13.9. The van der Waals surface area contributed by atoms with Gasteiger partial charge >= 0.3 is 0 Å². The van der Waals surface area contributed by atoms with E-state index in [1.807, 2.05) is 30.0 Å². The number of piperidine rings is 1. The second-order valence-electron chi connectivity index (χ2n) is 5.27. The summed E-state index contributed by atoms with van der Waals surface area (Å²) >= 11 is 3.46. The number of nitrogens with two attached hydrogens (primary N) is 1. The molecule has 1 amide bonds. The lowest BCUT2D eigenvalue weighted by atomic mass is 10.1. The summed E-state index contributed by atoms with van der Waals surface area (Å²) in [7, 11) is 0. The van der Waals surface area contributed by atoms with Crippen LogP contribution in [0.25, 0.3) is 0 Å². The zero-order valence-corrected chi connectivity index (χ0v) is 13.4.